The molecule has 0 saturated carbocycles. The summed E-state index contributed by atoms with van der Waals surface area (Å²) in [5, 5.41) is 11.6. The number of carbonyl (C=O) groups excluding carboxylic acids is 1. The Morgan fingerprint density at radius 3 is 2.57 bits per heavy atom. The minimum atomic E-state index is -0.842. The molecule has 0 aliphatic carbocycles. The molecule has 0 fully saturated rings. The van der Waals surface area contributed by atoms with Crippen LogP contribution < -0.4 is 5.32 Å². The minimum Gasteiger partial charge on any atom is -0.481 e. The Balaban J connectivity index is 2.60. The van der Waals surface area contributed by atoms with Crippen LogP contribution in [0.4, 0.5) is 5.69 Å². The smallest absolute Gasteiger partial charge is 0.304 e. The molecule has 116 valence electrons. The zero-order valence-corrected chi connectivity index (χ0v) is 13.0. The number of nitrogens with one attached hydrogen (secondary N) is 1. The zero-order chi connectivity index (χ0) is 15.8. The molecule has 1 aromatic carbocycles. The summed E-state index contributed by atoms with van der Waals surface area (Å²) in [5.41, 5.74) is 2.92. The molecule has 0 bridgehead atoms. The molecule has 21 heavy (non-hydrogen) atoms. The zero-order valence-electron chi connectivity index (χ0n) is 13.0. The predicted octanol–water partition coefficient (Wildman–Crippen LogP) is 2.43. The van der Waals surface area contributed by atoms with Crippen LogP contribution >= 0.6 is 0 Å². The van der Waals surface area contributed by atoms with Gasteiger partial charge in [-0.15, -0.1) is 0 Å². The van der Waals surface area contributed by atoms with E-state index in [1.54, 1.807) is 0 Å². The average Bonchev–Trinajstić information content (AvgIpc) is 2.40. The van der Waals surface area contributed by atoms with Crippen LogP contribution in [0.2, 0.25) is 0 Å². The standard InChI is InChI=1S/C16H24N2O3/c1-4-8-18(9-7-16(20)21)11-15(19)17-14-10-12(2)5-6-13(14)3/h5-6,10H,4,7-9,11H2,1-3H3,(H,17,19)(H,20,21). The highest BCUT2D eigenvalue weighted by atomic mass is 16.4. The minimum absolute atomic E-state index is 0.0523. The number of hydrogen-bond acceptors (Lipinski definition) is 3. The summed E-state index contributed by atoms with van der Waals surface area (Å²) in [4.78, 5) is 24.6. The van der Waals surface area contributed by atoms with Crippen molar-refractivity contribution >= 4 is 17.6 Å². The molecule has 0 aliphatic rings. The SMILES string of the molecule is CCCN(CCC(=O)O)CC(=O)Nc1cc(C)ccc1C. The van der Waals surface area contributed by atoms with Gasteiger partial charge in [0.05, 0.1) is 13.0 Å². The maximum Gasteiger partial charge on any atom is 0.304 e. The Kier molecular flexibility index (Phi) is 6.88. The van der Waals surface area contributed by atoms with Gasteiger partial charge in [0.1, 0.15) is 0 Å². The first kappa shape index (κ1) is 17.2. The fraction of sp³-hybridized carbons (Fsp3) is 0.500. The Hall–Kier alpha value is -1.88. The predicted molar refractivity (Wildman–Crippen MR) is 83.5 cm³/mol. The number of carboxylic acid groups (broad SMARTS) is 1. The topological polar surface area (TPSA) is 69.6 Å². The van der Waals surface area contributed by atoms with Crippen molar-refractivity contribution < 1.29 is 14.7 Å². The Morgan fingerprint density at radius 1 is 1.24 bits per heavy atom. The second kappa shape index (κ2) is 8.42. The van der Waals surface area contributed by atoms with Crippen LogP contribution in [0.1, 0.15) is 30.9 Å². The van der Waals surface area contributed by atoms with E-state index in [1.165, 1.54) is 0 Å². The summed E-state index contributed by atoms with van der Waals surface area (Å²) in [6.07, 6.45) is 0.938. The highest BCUT2D eigenvalue weighted by molar-refractivity contribution is 5.93. The van der Waals surface area contributed by atoms with Crippen LogP contribution in [0, 0.1) is 13.8 Å². The lowest BCUT2D eigenvalue weighted by molar-refractivity contribution is -0.137. The van der Waals surface area contributed by atoms with E-state index in [4.69, 9.17) is 5.11 Å². The van der Waals surface area contributed by atoms with Crippen LogP contribution in [0.5, 0.6) is 0 Å². The normalized spacial score (nSPS) is 10.7. The highest BCUT2D eigenvalue weighted by Crippen LogP contribution is 2.16. The fourth-order valence-corrected chi connectivity index (χ4v) is 2.10. The van der Waals surface area contributed by atoms with Gasteiger partial charge in [-0.2, -0.15) is 0 Å². The quantitative estimate of drug-likeness (QED) is 0.772. The first-order valence-electron chi connectivity index (χ1n) is 7.23. The number of rotatable bonds is 8. The lowest BCUT2D eigenvalue weighted by atomic mass is 10.1. The molecule has 1 amide bonds. The van der Waals surface area contributed by atoms with Crippen molar-refractivity contribution in [2.45, 2.75) is 33.6 Å². The summed E-state index contributed by atoms with van der Waals surface area (Å²) in [7, 11) is 0. The van der Waals surface area contributed by atoms with Gasteiger partial charge in [-0.3, -0.25) is 14.5 Å². The van der Waals surface area contributed by atoms with E-state index < -0.39 is 5.97 Å². The van der Waals surface area contributed by atoms with E-state index in [-0.39, 0.29) is 18.9 Å². The molecule has 5 nitrogen and oxygen atoms in total. The molecule has 0 heterocycles. The number of amides is 1. The Bertz CT molecular complexity index is 500. The van der Waals surface area contributed by atoms with Crippen LogP contribution in [0.3, 0.4) is 0 Å². The van der Waals surface area contributed by atoms with E-state index in [0.717, 1.165) is 23.2 Å². The largest absolute Gasteiger partial charge is 0.481 e. The van der Waals surface area contributed by atoms with Gasteiger partial charge in [0.15, 0.2) is 0 Å². The molecule has 5 heteroatoms. The second-order valence-corrected chi connectivity index (χ2v) is 5.29. The van der Waals surface area contributed by atoms with E-state index in [2.05, 4.69) is 5.32 Å². The van der Waals surface area contributed by atoms with Gasteiger partial charge in [-0.25, -0.2) is 0 Å². The summed E-state index contributed by atoms with van der Waals surface area (Å²) < 4.78 is 0. The van der Waals surface area contributed by atoms with Gasteiger partial charge in [-0.1, -0.05) is 19.1 Å². The van der Waals surface area contributed by atoms with Crippen molar-refractivity contribution in [2.24, 2.45) is 0 Å². The number of benzene rings is 1. The van der Waals surface area contributed by atoms with Crippen LogP contribution in [-0.2, 0) is 9.59 Å². The van der Waals surface area contributed by atoms with Crippen molar-refractivity contribution in [3.63, 3.8) is 0 Å². The maximum absolute atomic E-state index is 12.1. The molecule has 0 radical (unpaired) electrons. The summed E-state index contributed by atoms with van der Waals surface area (Å²) in [5.74, 6) is -0.950. The van der Waals surface area contributed by atoms with E-state index in [1.807, 2.05) is 43.9 Å². The molecule has 0 aliphatic heterocycles. The van der Waals surface area contributed by atoms with Crippen LogP contribution in [0.15, 0.2) is 18.2 Å². The number of anilines is 1. The van der Waals surface area contributed by atoms with Gasteiger partial charge in [0.2, 0.25) is 5.91 Å². The second-order valence-electron chi connectivity index (χ2n) is 5.29. The molecule has 0 saturated heterocycles. The molecule has 1 rings (SSSR count). The maximum atomic E-state index is 12.1. The molecule has 0 aromatic heterocycles. The summed E-state index contributed by atoms with van der Waals surface area (Å²) in [6, 6.07) is 5.91. The Morgan fingerprint density at radius 2 is 1.95 bits per heavy atom. The molecule has 2 N–H and O–H groups in total. The fourth-order valence-electron chi connectivity index (χ4n) is 2.10. The molecule has 0 spiro atoms. The molecule has 0 unspecified atom stereocenters. The summed E-state index contributed by atoms with van der Waals surface area (Å²) in [6.45, 7) is 7.26. The van der Waals surface area contributed by atoms with E-state index in [9.17, 15) is 9.59 Å². The number of aryl methyl sites for hydroxylation is 2. The number of carbonyl (C=O) groups is 2. The summed E-state index contributed by atoms with van der Waals surface area (Å²) >= 11 is 0. The average molecular weight is 292 g/mol. The van der Waals surface area contributed by atoms with Gasteiger partial charge in [0, 0.05) is 12.2 Å². The van der Waals surface area contributed by atoms with Gasteiger partial charge in [0.25, 0.3) is 0 Å². The van der Waals surface area contributed by atoms with Crippen molar-refractivity contribution in [1.82, 2.24) is 4.90 Å². The van der Waals surface area contributed by atoms with Crippen molar-refractivity contribution in [3.8, 4) is 0 Å². The first-order valence-corrected chi connectivity index (χ1v) is 7.23. The van der Waals surface area contributed by atoms with Crippen LogP contribution in [-0.4, -0.2) is 41.5 Å². The van der Waals surface area contributed by atoms with Gasteiger partial charge in [-0.05, 0) is 44.0 Å². The Labute approximate surface area is 126 Å². The third-order valence-electron chi connectivity index (χ3n) is 3.22. The molecular weight excluding hydrogens is 268 g/mol. The van der Waals surface area contributed by atoms with E-state index >= 15 is 0 Å². The van der Waals surface area contributed by atoms with Gasteiger partial charge >= 0.3 is 5.97 Å². The number of aliphatic carboxylic acids is 1. The van der Waals surface area contributed by atoms with Crippen LogP contribution in [0.25, 0.3) is 0 Å². The van der Waals surface area contributed by atoms with E-state index in [0.29, 0.717) is 13.1 Å². The number of carboxylic acids is 1. The lowest BCUT2D eigenvalue weighted by Gasteiger charge is -2.20. The van der Waals surface area contributed by atoms with Crippen molar-refractivity contribution in [1.29, 1.82) is 0 Å². The van der Waals surface area contributed by atoms with Crippen molar-refractivity contribution in [3.05, 3.63) is 29.3 Å². The third-order valence-corrected chi connectivity index (χ3v) is 3.22. The van der Waals surface area contributed by atoms with Crippen molar-refractivity contribution in [2.75, 3.05) is 25.0 Å². The third kappa shape index (κ3) is 6.40. The molecule has 1 aromatic rings. The first-order chi connectivity index (χ1) is 9.92. The molecular formula is C16H24N2O3. The van der Waals surface area contributed by atoms with Gasteiger partial charge < -0.3 is 10.4 Å². The molecule has 0 atom stereocenters. The monoisotopic (exact) mass is 292 g/mol. The number of nitrogens with zero attached hydrogens (tertiary/aromatic N) is 1. The number of hydrogen-bond donors (Lipinski definition) is 2. The lowest BCUT2D eigenvalue weighted by Crippen LogP contribution is -2.35. The highest BCUT2D eigenvalue weighted by Gasteiger charge is 2.12.